The molecule has 1 aromatic rings. The second-order valence-electron chi connectivity index (χ2n) is 4.70. The van der Waals surface area contributed by atoms with Gasteiger partial charge >= 0.3 is 0 Å². The molecule has 18 heavy (non-hydrogen) atoms. The molecule has 0 saturated carbocycles. The second-order valence-corrected chi connectivity index (χ2v) is 4.70. The lowest BCUT2D eigenvalue weighted by molar-refractivity contribution is 0.0940. The van der Waals surface area contributed by atoms with E-state index in [-0.39, 0.29) is 11.4 Å². The van der Waals surface area contributed by atoms with Crippen LogP contribution in [0.15, 0.2) is 10.6 Å². The number of amides is 1. The predicted octanol–water partition coefficient (Wildman–Crippen LogP) is 1.74. The number of aryl methyl sites for hydroxylation is 1. The Hall–Kier alpha value is -1.36. The van der Waals surface area contributed by atoms with E-state index in [0.717, 1.165) is 25.0 Å². The standard InChI is InChI=1S/C13H23N3O2/c1-5-10-9-11(16-18-10)12(17)15-8-7-13(3,6-2)14-4/h9,14H,5-8H2,1-4H3,(H,15,17). The number of rotatable bonds is 7. The molecular weight excluding hydrogens is 230 g/mol. The highest BCUT2D eigenvalue weighted by Gasteiger charge is 2.19. The molecule has 102 valence electrons. The SMILES string of the molecule is CCc1cc(C(=O)NCCC(C)(CC)NC)no1. The summed E-state index contributed by atoms with van der Waals surface area (Å²) in [5, 5.41) is 9.87. The van der Waals surface area contributed by atoms with Crippen molar-refractivity contribution in [2.45, 2.75) is 45.6 Å². The highest BCUT2D eigenvalue weighted by molar-refractivity contribution is 5.92. The summed E-state index contributed by atoms with van der Waals surface area (Å²) in [5.41, 5.74) is 0.417. The molecule has 1 atom stereocenters. The van der Waals surface area contributed by atoms with Gasteiger partial charge in [0.2, 0.25) is 0 Å². The molecular formula is C13H23N3O2. The van der Waals surface area contributed by atoms with Gasteiger partial charge in [0, 0.05) is 24.6 Å². The van der Waals surface area contributed by atoms with Crippen molar-refractivity contribution < 1.29 is 9.32 Å². The second kappa shape index (κ2) is 6.54. The Kier molecular flexibility index (Phi) is 5.34. The van der Waals surface area contributed by atoms with Crippen LogP contribution in [0.1, 0.15) is 49.9 Å². The predicted molar refractivity (Wildman–Crippen MR) is 70.6 cm³/mol. The molecule has 0 aliphatic heterocycles. The molecule has 0 radical (unpaired) electrons. The zero-order valence-corrected chi connectivity index (χ0v) is 11.7. The number of hydrogen-bond donors (Lipinski definition) is 2. The molecule has 0 bridgehead atoms. The van der Waals surface area contributed by atoms with Crippen molar-refractivity contribution in [3.63, 3.8) is 0 Å². The van der Waals surface area contributed by atoms with Crippen molar-refractivity contribution in [3.8, 4) is 0 Å². The number of hydrogen-bond acceptors (Lipinski definition) is 4. The summed E-state index contributed by atoms with van der Waals surface area (Å²) in [7, 11) is 1.94. The van der Waals surface area contributed by atoms with Gasteiger partial charge in [-0.15, -0.1) is 0 Å². The highest BCUT2D eigenvalue weighted by atomic mass is 16.5. The van der Waals surface area contributed by atoms with Crippen LogP contribution in [0.4, 0.5) is 0 Å². The highest BCUT2D eigenvalue weighted by Crippen LogP contribution is 2.12. The average Bonchev–Trinajstić information content (AvgIpc) is 2.87. The van der Waals surface area contributed by atoms with E-state index in [1.54, 1.807) is 6.07 Å². The van der Waals surface area contributed by atoms with Crippen molar-refractivity contribution >= 4 is 5.91 Å². The van der Waals surface area contributed by atoms with Gasteiger partial charge in [0.05, 0.1) is 0 Å². The molecule has 1 aromatic heterocycles. The van der Waals surface area contributed by atoms with Crippen LogP contribution in [0.3, 0.4) is 0 Å². The number of carbonyl (C=O) groups is 1. The third kappa shape index (κ3) is 3.84. The van der Waals surface area contributed by atoms with Gasteiger partial charge in [-0.25, -0.2) is 0 Å². The van der Waals surface area contributed by atoms with Crippen LogP contribution in [0.2, 0.25) is 0 Å². The fraction of sp³-hybridized carbons (Fsp3) is 0.692. The van der Waals surface area contributed by atoms with Crippen LogP contribution in [0.5, 0.6) is 0 Å². The molecule has 5 nitrogen and oxygen atoms in total. The number of nitrogens with one attached hydrogen (secondary N) is 2. The molecule has 0 aliphatic carbocycles. The Morgan fingerprint density at radius 1 is 1.50 bits per heavy atom. The Morgan fingerprint density at radius 3 is 2.72 bits per heavy atom. The van der Waals surface area contributed by atoms with E-state index >= 15 is 0 Å². The van der Waals surface area contributed by atoms with E-state index in [9.17, 15) is 4.79 Å². The molecule has 0 aliphatic rings. The van der Waals surface area contributed by atoms with Gasteiger partial charge in [-0.3, -0.25) is 4.79 Å². The number of carbonyl (C=O) groups excluding carboxylic acids is 1. The van der Waals surface area contributed by atoms with E-state index in [0.29, 0.717) is 12.2 Å². The van der Waals surface area contributed by atoms with Crippen molar-refractivity contribution in [2.24, 2.45) is 0 Å². The van der Waals surface area contributed by atoms with Gasteiger partial charge in [-0.2, -0.15) is 0 Å². The summed E-state index contributed by atoms with van der Waals surface area (Å²) in [5.74, 6) is 0.557. The summed E-state index contributed by atoms with van der Waals surface area (Å²) >= 11 is 0. The Balaban J connectivity index is 2.42. The minimum atomic E-state index is -0.173. The van der Waals surface area contributed by atoms with Crippen molar-refractivity contribution in [2.75, 3.05) is 13.6 Å². The number of nitrogens with zero attached hydrogens (tertiary/aromatic N) is 1. The summed E-state index contributed by atoms with van der Waals surface area (Å²) in [6.45, 7) is 6.86. The van der Waals surface area contributed by atoms with Crippen molar-refractivity contribution in [1.29, 1.82) is 0 Å². The van der Waals surface area contributed by atoms with Crippen LogP contribution in [-0.4, -0.2) is 30.2 Å². The molecule has 1 unspecified atom stereocenters. The minimum Gasteiger partial charge on any atom is -0.361 e. The smallest absolute Gasteiger partial charge is 0.273 e. The number of aromatic nitrogens is 1. The van der Waals surface area contributed by atoms with Gasteiger partial charge < -0.3 is 15.2 Å². The zero-order valence-electron chi connectivity index (χ0n) is 11.7. The quantitative estimate of drug-likeness (QED) is 0.777. The summed E-state index contributed by atoms with van der Waals surface area (Å²) in [4.78, 5) is 11.8. The lowest BCUT2D eigenvalue weighted by atomic mass is 9.95. The fourth-order valence-electron chi connectivity index (χ4n) is 1.61. The first kappa shape index (κ1) is 14.7. The monoisotopic (exact) mass is 253 g/mol. The first-order chi connectivity index (χ1) is 8.54. The summed E-state index contributed by atoms with van der Waals surface area (Å²) in [6, 6.07) is 1.69. The molecule has 5 heteroatoms. The molecule has 1 rings (SSSR count). The maximum atomic E-state index is 11.8. The van der Waals surface area contributed by atoms with E-state index in [1.165, 1.54) is 0 Å². The van der Waals surface area contributed by atoms with E-state index < -0.39 is 0 Å². The van der Waals surface area contributed by atoms with Crippen LogP contribution in [0, 0.1) is 0 Å². The van der Waals surface area contributed by atoms with Crippen molar-refractivity contribution in [3.05, 3.63) is 17.5 Å². The third-order valence-electron chi connectivity index (χ3n) is 3.49. The third-order valence-corrected chi connectivity index (χ3v) is 3.49. The van der Waals surface area contributed by atoms with Crippen LogP contribution < -0.4 is 10.6 Å². The average molecular weight is 253 g/mol. The Bertz CT molecular complexity index is 383. The van der Waals surface area contributed by atoms with Gasteiger partial charge in [0.25, 0.3) is 5.91 Å². The van der Waals surface area contributed by atoms with Crippen LogP contribution >= 0.6 is 0 Å². The zero-order chi connectivity index (χ0) is 13.6. The van der Waals surface area contributed by atoms with Crippen molar-refractivity contribution in [1.82, 2.24) is 15.8 Å². The summed E-state index contributed by atoms with van der Waals surface area (Å²) in [6.07, 6.45) is 2.64. The minimum absolute atomic E-state index is 0.0612. The Morgan fingerprint density at radius 2 is 2.22 bits per heavy atom. The van der Waals surface area contributed by atoms with E-state index in [2.05, 4.69) is 29.6 Å². The molecule has 2 N–H and O–H groups in total. The normalized spacial score (nSPS) is 14.2. The molecule has 1 amide bonds. The maximum absolute atomic E-state index is 11.8. The van der Waals surface area contributed by atoms with Crippen LogP contribution in [-0.2, 0) is 6.42 Å². The lowest BCUT2D eigenvalue weighted by Gasteiger charge is -2.27. The van der Waals surface area contributed by atoms with Gasteiger partial charge in [0.1, 0.15) is 5.76 Å². The van der Waals surface area contributed by atoms with Gasteiger partial charge in [0.15, 0.2) is 5.69 Å². The molecule has 0 fully saturated rings. The maximum Gasteiger partial charge on any atom is 0.273 e. The van der Waals surface area contributed by atoms with Gasteiger partial charge in [-0.05, 0) is 26.8 Å². The largest absolute Gasteiger partial charge is 0.361 e. The van der Waals surface area contributed by atoms with Crippen LogP contribution in [0.25, 0.3) is 0 Å². The Labute approximate surface area is 108 Å². The first-order valence-electron chi connectivity index (χ1n) is 6.47. The fourth-order valence-corrected chi connectivity index (χ4v) is 1.61. The van der Waals surface area contributed by atoms with E-state index in [4.69, 9.17) is 4.52 Å². The first-order valence-corrected chi connectivity index (χ1v) is 6.47. The molecule has 0 saturated heterocycles. The molecule has 1 heterocycles. The lowest BCUT2D eigenvalue weighted by Crippen LogP contribution is -2.42. The topological polar surface area (TPSA) is 67.2 Å². The van der Waals surface area contributed by atoms with Gasteiger partial charge in [-0.1, -0.05) is 19.0 Å². The molecule has 0 aromatic carbocycles. The van der Waals surface area contributed by atoms with E-state index in [1.807, 2.05) is 14.0 Å². The molecule has 0 spiro atoms. The summed E-state index contributed by atoms with van der Waals surface area (Å²) < 4.78 is 5.00.